The number of rotatable bonds is 2. The molecular formula is C13H15N3O. The van der Waals surface area contributed by atoms with Crippen molar-refractivity contribution in [3.05, 3.63) is 29.8 Å². The van der Waals surface area contributed by atoms with Crippen LogP contribution < -0.4 is 10.6 Å². The third-order valence-corrected chi connectivity index (χ3v) is 3.34. The molecule has 0 bridgehead atoms. The van der Waals surface area contributed by atoms with Gasteiger partial charge in [0.1, 0.15) is 0 Å². The summed E-state index contributed by atoms with van der Waals surface area (Å²) < 4.78 is 0. The molecule has 0 heterocycles. The number of hydrogen-bond acceptors (Lipinski definition) is 3. The van der Waals surface area contributed by atoms with E-state index in [0.29, 0.717) is 11.3 Å². The first kappa shape index (κ1) is 11.6. The lowest BCUT2D eigenvalue weighted by atomic mass is 9.76. The van der Waals surface area contributed by atoms with Gasteiger partial charge in [-0.15, -0.1) is 0 Å². The number of benzene rings is 1. The van der Waals surface area contributed by atoms with Crippen LogP contribution in [0.15, 0.2) is 24.3 Å². The van der Waals surface area contributed by atoms with E-state index < -0.39 is 5.54 Å². The van der Waals surface area contributed by atoms with Crippen molar-refractivity contribution in [2.75, 3.05) is 11.9 Å². The highest BCUT2D eigenvalue weighted by molar-refractivity contribution is 6.00. The third kappa shape index (κ3) is 2.02. The van der Waals surface area contributed by atoms with E-state index in [-0.39, 0.29) is 5.91 Å². The van der Waals surface area contributed by atoms with E-state index in [1.54, 1.807) is 36.2 Å². The highest BCUT2D eigenvalue weighted by atomic mass is 16.2. The second-order valence-corrected chi connectivity index (χ2v) is 4.54. The molecule has 1 aliphatic carbocycles. The van der Waals surface area contributed by atoms with Crippen molar-refractivity contribution < 1.29 is 4.79 Å². The van der Waals surface area contributed by atoms with Gasteiger partial charge in [0.25, 0.3) is 0 Å². The van der Waals surface area contributed by atoms with Crippen LogP contribution in [0.5, 0.6) is 0 Å². The molecule has 4 heteroatoms. The zero-order valence-corrected chi connectivity index (χ0v) is 9.81. The Balaban J connectivity index is 2.22. The molecule has 0 saturated heterocycles. The van der Waals surface area contributed by atoms with Crippen molar-refractivity contribution in [1.29, 1.82) is 5.26 Å². The van der Waals surface area contributed by atoms with Gasteiger partial charge in [0.05, 0.1) is 17.2 Å². The Kier molecular flexibility index (Phi) is 2.86. The topological polar surface area (TPSA) is 70.1 Å². The van der Waals surface area contributed by atoms with Crippen molar-refractivity contribution in [3.8, 4) is 6.07 Å². The SMILES string of the molecule is CN(C(=O)C1(N)CCC1)c1cccc(C#N)c1. The van der Waals surface area contributed by atoms with Crippen molar-refractivity contribution in [1.82, 2.24) is 0 Å². The standard InChI is InChI=1S/C13H15N3O/c1-16(12(17)13(15)6-3-7-13)11-5-2-4-10(8-11)9-14/h2,4-5,8H,3,6-7,15H2,1H3. The fraction of sp³-hybridized carbons (Fsp3) is 0.385. The van der Waals surface area contributed by atoms with Crippen molar-refractivity contribution in [2.45, 2.75) is 24.8 Å². The maximum atomic E-state index is 12.2. The summed E-state index contributed by atoms with van der Waals surface area (Å²) in [6.45, 7) is 0. The average molecular weight is 229 g/mol. The van der Waals surface area contributed by atoms with Gasteiger partial charge in [-0.25, -0.2) is 0 Å². The lowest BCUT2D eigenvalue weighted by molar-refractivity contribution is -0.126. The maximum absolute atomic E-state index is 12.2. The summed E-state index contributed by atoms with van der Waals surface area (Å²) in [5.41, 5.74) is 6.56. The van der Waals surface area contributed by atoms with Crippen LogP contribution in [0.4, 0.5) is 5.69 Å². The molecule has 1 aromatic rings. The molecule has 0 aromatic heterocycles. The fourth-order valence-electron chi connectivity index (χ4n) is 2.01. The fourth-order valence-corrected chi connectivity index (χ4v) is 2.01. The molecule has 0 atom stereocenters. The Morgan fingerprint density at radius 2 is 2.24 bits per heavy atom. The number of likely N-dealkylation sites (N-methyl/N-ethyl adjacent to an activating group) is 1. The number of anilines is 1. The normalized spacial score (nSPS) is 16.8. The summed E-state index contributed by atoms with van der Waals surface area (Å²) in [4.78, 5) is 13.7. The molecular weight excluding hydrogens is 214 g/mol. The Labute approximate surface area is 101 Å². The van der Waals surface area contributed by atoms with Gasteiger partial charge in [-0.1, -0.05) is 6.07 Å². The van der Waals surface area contributed by atoms with Crippen molar-refractivity contribution >= 4 is 11.6 Å². The molecule has 0 spiro atoms. The van der Waals surface area contributed by atoms with Crippen LogP contribution in [0.3, 0.4) is 0 Å². The zero-order valence-electron chi connectivity index (χ0n) is 9.81. The van der Waals surface area contributed by atoms with Crippen LogP contribution in [-0.4, -0.2) is 18.5 Å². The van der Waals surface area contributed by atoms with Gasteiger partial charge in [0.15, 0.2) is 0 Å². The van der Waals surface area contributed by atoms with E-state index >= 15 is 0 Å². The summed E-state index contributed by atoms with van der Waals surface area (Å²) in [5.74, 6) is -0.0705. The number of nitrogens with two attached hydrogens (primary N) is 1. The van der Waals surface area contributed by atoms with Crippen LogP contribution in [0.2, 0.25) is 0 Å². The van der Waals surface area contributed by atoms with Crippen LogP contribution in [0.25, 0.3) is 0 Å². The predicted octanol–water partition coefficient (Wildman–Crippen LogP) is 1.40. The quantitative estimate of drug-likeness (QED) is 0.833. The van der Waals surface area contributed by atoms with Crippen LogP contribution in [0.1, 0.15) is 24.8 Å². The molecule has 4 nitrogen and oxygen atoms in total. The van der Waals surface area contributed by atoms with Gasteiger partial charge in [-0.2, -0.15) is 5.26 Å². The molecule has 0 aliphatic heterocycles. The van der Waals surface area contributed by atoms with Gasteiger partial charge < -0.3 is 10.6 Å². The molecule has 2 N–H and O–H groups in total. The lowest BCUT2D eigenvalue weighted by Gasteiger charge is -2.39. The molecule has 2 rings (SSSR count). The summed E-state index contributed by atoms with van der Waals surface area (Å²) in [5, 5.41) is 8.82. The van der Waals surface area contributed by atoms with Crippen LogP contribution in [0, 0.1) is 11.3 Å². The molecule has 1 aromatic carbocycles. The number of nitrogens with zero attached hydrogens (tertiary/aromatic N) is 2. The number of nitriles is 1. The highest BCUT2D eigenvalue weighted by Crippen LogP contribution is 2.32. The van der Waals surface area contributed by atoms with Crippen LogP contribution in [-0.2, 0) is 4.79 Å². The number of carbonyl (C=O) groups excluding carboxylic acids is 1. The van der Waals surface area contributed by atoms with E-state index in [1.165, 1.54) is 0 Å². The predicted molar refractivity (Wildman–Crippen MR) is 65.3 cm³/mol. The van der Waals surface area contributed by atoms with Gasteiger partial charge >= 0.3 is 0 Å². The summed E-state index contributed by atoms with van der Waals surface area (Å²) in [6.07, 6.45) is 2.50. The van der Waals surface area contributed by atoms with Gasteiger partial charge in [-0.3, -0.25) is 4.79 Å². The van der Waals surface area contributed by atoms with Crippen LogP contribution >= 0.6 is 0 Å². The number of hydrogen-bond donors (Lipinski definition) is 1. The van der Waals surface area contributed by atoms with E-state index in [0.717, 1.165) is 19.3 Å². The zero-order chi connectivity index (χ0) is 12.5. The molecule has 1 aliphatic rings. The molecule has 88 valence electrons. The van der Waals surface area contributed by atoms with E-state index in [2.05, 4.69) is 6.07 Å². The third-order valence-electron chi connectivity index (χ3n) is 3.34. The van der Waals surface area contributed by atoms with Gasteiger partial charge in [0, 0.05) is 12.7 Å². The Hall–Kier alpha value is -1.86. The molecule has 0 radical (unpaired) electrons. The minimum absolute atomic E-state index is 0.0705. The first-order valence-corrected chi connectivity index (χ1v) is 5.64. The minimum Gasteiger partial charge on any atom is -0.317 e. The second kappa shape index (κ2) is 4.19. The van der Waals surface area contributed by atoms with E-state index in [9.17, 15) is 4.79 Å². The Bertz CT molecular complexity index is 486. The largest absolute Gasteiger partial charge is 0.317 e. The molecule has 1 amide bonds. The van der Waals surface area contributed by atoms with Gasteiger partial charge in [0.2, 0.25) is 5.91 Å². The molecule has 0 unspecified atom stereocenters. The first-order chi connectivity index (χ1) is 8.07. The Morgan fingerprint density at radius 3 is 2.76 bits per heavy atom. The average Bonchev–Trinajstić information content (AvgIpc) is 2.34. The maximum Gasteiger partial charge on any atom is 0.246 e. The molecule has 17 heavy (non-hydrogen) atoms. The Morgan fingerprint density at radius 1 is 1.53 bits per heavy atom. The van der Waals surface area contributed by atoms with E-state index in [1.807, 2.05) is 0 Å². The smallest absolute Gasteiger partial charge is 0.246 e. The van der Waals surface area contributed by atoms with E-state index in [4.69, 9.17) is 11.0 Å². The second-order valence-electron chi connectivity index (χ2n) is 4.54. The first-order valence-electron chi connectivity index (χ1n) is 5.64. The highest BCUT2D eigenvalue weighted by Gasteiger charge is 2.42. The van der Waals surface area contributed by atoms with Crippen molar-refractivity contribution in [2.24, 2.45) is 5.73 Å². The van der Waals surface area contributed by atoms with Crippen molar-refractivity contribution in [3.63, 3.8) is 0 Å². The summed E-state index contributed by atoms with van der Waals surface area (Å²) in [6, 6.07) is 9.04. The molecule has 1 fully saturated rings. The summed E-state index contributed by atoms with van der Waals surface area (Å²) >= 11 is 0. The lowest BCUT2D eigenvalue weighted by Crippen LogP contribution is -2.59. The summed E-state index contributed by atoms with van der Waals surface area (Å²) in [7, 11) is 1.70. The van der Waals surface area contributed by atoms with Gasteiger partial charge in [-0.05, 0) is 37.5 Å². The monoisotopic (exact) mass is 229 g/mol. The minimum atomic E-state index is -0.697. The molecule has 1 saturated carbocycles. The number of carbonyl (C=O) groups is 1. The number of amides is 1.